The number of carbonyl (C=O) groups is 1. The second kappa shape index (κ2) is 5.66. The van der Waals surface area contributed by atoms with Crippen LogP contribution >= 0.6 is 23.4 Å². The van der Waals surface area contributed by atoms with Crippen LogP contribution in [0.4, 0.5) is 0 Å². The molecule has 2 heterocycles. The number of nitrogens with one attached hydrogen (secondary N) is 2. The van der Waals surface area contributed by atoms with E-state index >= 15 is 0 Å². The van der Waals surface area contributed by atoms with Crippen LogP contribution in [-0.4, -0.2) is 15.6 Å². The molecule has 1 fully saturated rings. The van der Waals surface area contributed by atoms with Crippen LogP contribution in [0.25, 0.3) is 11.8 Å². The van der Waals surface area contributed by atoms with Crippen molar-refractivity contribution in [1.82, 2.24) is 9.88 Å². The average Bonchev–Trinajstić information content (AvgIpc) is 2.92. The van der Waals surface area contributed by atoms with Crippen LogP contribution in [-0.2, 0) is 4.79 Å². The van der Waals surface area contributed by atoms with Crippen molar-refractivity contribution in [2.24, 2.45) is 0 Å². The first-order chi connectivity index (χ1) is 10.5. The van der Waals surface area contributed by atoms with E-state index in [1.165, 1.54) is 0 Å². The number of nitrogens with zero attached hydrogens (tertiary/aromatic N) is 1. The van der Waals surface area contributed by atoms with E-state index in [9.17, 15) is 4.79 Å². The first kappa shape index (κ1) is 14.9. The maximum Gasteiger partial charge on any atom is 0.264 e. The Hall–Kier alpha value is -1.98. The fourth-order valence-corrected chi connectivity index (χ4v) is 3.32. The lowest BCUT2D eigenvalue weighted by Crippen LogP contribution is -2.18. The van der Waals surface area contributed by atoms with Crippen LogP contribution in [0.1, 0.15) is 17.0 Å². The van der Waals surface area contributed by atoms with E-state index in [1.807, 2.05) is 50.3 Å². The number of carbonyl (C=O) groups excluding carboxylic acids is 1. The first-order valence-corrected chi connectivity index (χ1v) is 7.89. The number of thioether (sulfide) groups is 1. The summed E-state index contributed by atoms with van der Waals surface area (Å²) in [6.45, 7) is 4.03. The number of hydrogen-bond acceptors (Lipinski definition) is 3. The van der Waals surface area contributed by atoms with Crippen molar-refractivity contribution in [3.8, 4) is 5.69 Å². The Morgan fingerprint density at radius 2 is 1.95 bits per heavy atom. The minimum absolute atomic E-state index is 0.169. The zero-order chi connectivity index (χ0) is 15.9. The van der Waals surface area contributed by atoms with Gasteiger partial charge in [-0.25, -0.2) is 0 Å². The van der Waals surface area contributed by atoms with E-state index in [0.717, 1.165) is 34.4 Å². The van der Waals surface area contributed by atoms with Gasteiger partial charge in [-0.2, -0.15) is 0 Å². The lowest BCUT2D eigenvalue weighted by molar-refractivity contribution is -0.115. The SMILES string of the molecule is Cc1cc(/C=C2\SC(=N)NC2=O)c(C)n1-c1ccc(Cl)cc1. The second-order valence-electron chi connectivity index (χ2n) is 5.03. The summed E-state index contributed by atoms with van der Waals surface area (Å²) in [5.74, 6) is -0.216. The highest BCUT2D eigenvalue weighted by Gasteiger charge is 2.23. The van der Waals surface area contributed by atoms with E-state index in [2.05, 4.69) is 9.88 Å². The summed E-state index contributed by atoms with van der Waals surface area (Å²) in [5.41, 5.74) is 4.12. The fraction of sp³-hybridized carbons (Fsp3) is 0.125. The topological polar surface area (TPSA) is 57.9 Å². The number of aromatic nitrogens is 1. The van der Waals surface area contributed by atoms with Crippen LogP contribution in [0, 0.1) is 19.3 Å². The molecule has 1 aliphatic heterocycles. The van der Waals surface area contributed by atoms with Crippen LogP contribution in [0.3, 0.4) is 0 Å². The van der Waals surface area contributed by atoms with Crippen LogP contribution in [0.2, 0.25) is 5.02 Å². The molecule has 2 aromatic rings. The Labute approximate surface area is 137 Å². The van der Waals surface area contributed by atoms with Gasteiger partial charge in [0, 0.05) is 22.1 Å². The Bertz CT molecular complexity index is 806. The van der Waals surface area contributed by atoms with Crippen molar-refractivity contribution in [2.75, 3.05) is 0 Å². The fourth-order valence-electron chi connectivity index (χ4n) is 2.50. The summed E-state index contributed by atoms with van der Waals surface area (Å²) >= 11 is 7.09. The Kier molecular flexibility index (Phi) is 3.85. The molecule has 112 valence electrons. The molecule has 0 spiro atoms. The monoisotopic (exact) mass is 331 g/mol. The molecule has 0 atom stereocenters. The summed E-state index contributed by atoms with van der Waals surface area (Å²) in [4.78, 5) is 12.3. The molecule has 0 saturated carbocycles. The number of benzene rings is 1. The van der Waals surface area contributed by atoms with Crippen LogP contribution in [0.15, 0.2) is 35.2 Å². The summed E-state index contributed by atoms with van der Waals surface area (Å²) in [6.07, 6.45) is 1.83. The molecule has 0 bridgehead atoms. The molecule has 0 unspecified atom stereocenters. The van der Waals surface area contributed by atoms with Gasteiger partial charge in [0.05, 0.1) is 4.91 Å². The highest BCUT2D eigenvalue weighted by Crippen LogP contribution is 2.28. The standard InChI is InChI=1S/C16H14ClN3OS/c1-9-7-11(8-14-15(21)19-16(18)22-14)10(2)20(9)13-5-3-12(17)4-6-13/h3-8H,1-2H3,(H2,18,19,21)/b14-8-. The minimum atomic E-state index is -0.216. The Morgan fingerprint density at radius 3 is 2.55 bits per heavy atom. The molecule has 1 aromatic heterocycles. The third-order valence-corrected chi connectivity index (χ3v) is 4.59. The molecule has 1 amide bonds. The molecule has 3 rings (SSSR count). The van der Waals surface area contributed by atoms with Crippen molar-refractivity contribution >= 4 is 40.5 Å². The van der Waals surface area contributed by atoms with Gasteiger partial charge in [0.1, 0.15) is 0 Å². The van der Waals surface area contributed by atoms with Crippen molar-refractivity contribution < 1.29 is 4.79 Å². The van der Waals surface area contributed by atoms with E-state index in [0.29, 0.717) is 9.93 Å². The molecule has 1 saturated heterocycles. The zero-order valence-corrected chi connectivity index (χ0v) is 13.7. The average molecular weight is 332 g/mol. The molecule has 4 nitrogen and oxygen atoms in total. The summed E-state index contributed by atoms with van der Waals surface area (Å²) in [6, 6.07) is 9.68. The highest BCUT2D eigenvalue weighted by molar-refractivity contribution is 8.18. The van der Waals surface area contributed by atoms with Crippen LogP contribution in [0.5, 0.6) is 0 Å². The van der Waals surface area contributed by atoms with E-state index in [-0.39, 0.29) is 11.1 Å². The van der Waals surface area contributed by atoms with Crippen LogP contribution < -0.4 is 5.32 Å². The van der Waals surface area contributed by atoms with Gasteiger partial charge in [-0.1, -0.05) is 11.6 Å². The Morgan fingerprint density at radius 1 is 1.27 bits per heavy atom. The molecular formula is C16H14ClN3OS. The minimum Gasteiger partial charge on any atom is -0.318 e. The van der Waals surface area contributed by atoms with E-state index < -0.39 is 0 Å². The first-order valence-electron chi connectivity index (χ1n) is 6.70. The molecule has 1 aromatic carbocycles. The maximum absolute atomic E-state index is 11.7. The zero-order valence-electron chi connectivity index (χ0n) is 12.1. The van der Waals surface area contributed by atoms with Crippen molar-refractivity contribution in [2.45, 2.75) is 13.8 Å². The molecule has 1 aliphatic rings. The van der Waals surface area contributed by atoms with Crippen molar-refractivity contribution in [3.05, 3.63) is 57.2 Å². The maximum atomic E-state index is 11.7. The van der Waals surface area contributed by atoms with Gasteiger partial charge in [0.15, 0.2) is 5.17 Å². The molecule has 0 aliphatic carbocycles. The van der Waals surface area contributed by atoms with Crippen molar-refractivity contribution in [3.63, 3.8) is 0 Å². The lowest BCUT2D eigenvalue weighted by atomic mass is 10.2. The number of halogens is 1. The third kappa shape index (κ3) is 2.69. The molecule has 2 N–H and O–H groups in total. The summed E-state index contributed by atoms with van der Waals surface area (Å²) in [7, 11) is 0. The number of aryl methyl sites for hydroxylation is 1. The number of rotatable bonds is 2. The third-order valence-electron chi connectivity index (χ3n) is 3.50. The van der Waals surface area contributed by atoms with Gasteiger partial charge in [-0.05, 0) is 67.6 Å². The van der Waals surface area contributed by atoms with Gasteiger partial charge in [-0.15, -0.1) is 0 Å². The molecule has 0 radical (unpaired) electrons. The number of amides is 1. The molecule has 22 heavy (non-hydrogen) atoms. The quantitative estimate of drug-likeness (QED) is 0.820. The van der Waals surface area contributed by atoms with Gasteiger partial charge in [0.25, 0.3) is 5.91 Å². The van der Waals surface area contributed by atoms with Gasteiger partial charge in [-0.3, -0.25) is 10.2 Å². The van der Waals surface area contributed by atoms with Gasteiger partial charge in [0.2, 0.25) is 0 Å². The predicted molar refractivity (Wildman–Crippen MR) is 91.7 cm³/mol. The Balaban J connectivity index is 2.04. The van der Waals surface area contributed by atoms with Gasteiger partial charge < -0.3 is 9.88 Å². The largest absolute Gasteiger partial charge is 0.318 e. The van der Waals surface area contributed by atoms with Crippen molar-refractivity contribution in [1.29, 1.82) is 5.41 Å². The predicted octanol–water partition coefficient (Wildman–Crippen LogP) is 3.89. The lowest BCUT2D eigenvalue weighted by Gasteiger charge is -2.09. The second-order valence-corrected chi connectivity index (χ2v) is 6.52. The summed E-state index contributed by atoms with van der Waals surface area (Å²) in [5, 5.41) is 10.9. The van der Waals surface area contributed by atoms with Gasteiger partial charge >= 0.3 is 0 Å². The van der Waals surface area contributed by atoms with E-state index in [1.54, 1.807) is 0 Å². The highest BCUT2D eigenvalue weighted by atomic mass is 35.5. The number of amidine groups is 1. The van der Waals surface area contributed by atoms with E-state index in [4.69, 9.17) is 17.0 Å². The molecular weight excluding hydrogens is 318 g/mol. The normalized spacial score (nSPS) is 16.4. The number of hydrogen-bond donors (Lipinski definition) is 2. The molecule has 6 heteroatoms. The smallest absolute Gasteiger partial charge is 0.264 e. The summed E-state index contributed by atoms with van der Waals surface area (Å²) < 4.78 is 2.12.